The van der Waals surface area contributed by atoms with E-state index in [1.807, 2.05) is 43.3 Å². The molecule has 0 radical (unpaired) electrons. The van der Waals surface area contributed by atoms with E-state index in [4.69, 9.17) is 16.3 Å². The van der Waals surface area contributed by atoms with Gasteiger partial charge in [0.05, 0.1) is 18.8 Å². The quantitative estimate of drug-likeness (QED) is 0.591. The first kappa shape index (κ1) is 21.1. The summed E-state index contributed by atoms with van der Waals surface area (Å²) in [4.78, 5) is 0. The molecule has 0 aromatic heterocycles. The van der Waals surface area contributed by atoms with E-state index >= 15 is 0 Å². The number of aliphatic hydroxyl groups is 4. The highest BCUT2D eigenvalue weighted by molar-refractivity contribution is 6.31. The lowest BCUT2D eigenvalue weighted by Crippen LogP contribution is -2.51. The van der Waals surface area contributed by atoms with Gasteiger partial charge in [0.2, 0.25) is 0 Å². The SMILES string of the molecule is CCOc1ccc(Cc2cc([C@H]3C[C@@H](CO)[C@@H](O)[C@H](O)[C@H]3O)ccc2Cl)cc1. The van der Waals surface area contributed by atoms with E-state index in [9.17, 15) is 20.4 Å². The molecule has 152 valence electrons. The first-order chi connectivity index (χ1) is 13.4. The van der Waals surface area contributed by atoms with Gasteiger partial charge in [0, 0.05) is 23.5 Å². The molecule has 0 aliphatic heterocycles. The van der Waals surface area contributed by atoms with Crippen LogP contribution in [0.15, 0.2) is 42.5 Å². The van der Waals surface area contributed by atoms with Gasteiger partial charge in [-0.3, -0.25) is 0 Å². The minimum Gasteiger partial charge on any atom is -0.494 e. The van der Waals surface area contributed by atoms with Crippen molar-refractivity contribution in [1.29, 1.82) is 0 Å². The van der Waals surface area contributed by atoms with Gasteiger partial charge < -0.3 is 25.2 Å². The number of rotatable bonds is 6. The normalized spacial score (nSPS) is 27.6. The molecule has 0 spiro atoms. The van der Waals surface area contributed by atoms with Gasteiger partial charge in [-0.15, -0.1) is 0 Å². The summed E-state index contributed by atoms with van der Waals surface area (Å²) in [5.74, 6) is -0.0421. The number of benzene rings is 2. The average molecular weight is 407 g/mol. The lowest BCUT2D eigenvalue weighted by molar-refractivity contribution is -0.127. The van der Waals surface area contributed by atoms with Gasteiger partial charge in [-0.25, -0.2) is 0 Å². The smallest absolute Gasteiger partial charge is 0.119 e. The van der Waals surface area contributed by atoms with Crippen LogP contribution in [-0.2, 0) is 6.42 Å². The van der Waals surface area contributed by atoms with Gasteiger partial charge in [-0.05, 0) is 54.7 Å². The summed E-state index contributed by atoms with van der Waals surface area (Å²) in [5.41, 5.74) is 2.83. The molecule has 0 amide bonds. The standard InChI is InChI=1S/C22H27ClO5/c1-2-28-17-6-3-13(4-7-17)9-15-10-14(5-8-19(15)23)18-11-16(12-24)20(25)22(27)21(18)26/h3-8,10,16,18,20-22,24-27H,2,9,11-12H2,1H3/t16-,18+,20+,21-,22-/m0/s1. The van der Waals surface area contributed by atoms with Gasteiger partial charge in [-0.2, -0.15) is 0 Å². The van der Waals surface area contributed by atoms with Crippen molar-refractivity contribution in [2.75, 3.05) is 13.2 Å². The van der Waals surface area contributed by atoms with E-state index in [-0.39, 0.29) is 12.5 Å². The molecule has 0 heterocycles. The van der Waals surface area contributed by atoms with Crippen molar-refractivity contribution >= 4 is 11.6 Å². The fourth-order valence-electron chi connectivity index (χ4n) is 3.89. The van der Waals surface area contributed by atoms with Crippen molar-refractivity contribution in [3.05, 3.63) is 64.2 Å². The van der Waals surface area contributed by atoms with Crippen molar-refractivity contribution in [3.8, 4) is 5.75 Å². The second-order valence-electron chi connectivity index (χ2n) is 7.36. The Morgan fingerprint density at radius 1 is 1.00 bits per heavy atom. The summed E-state index contributed by atoms with van der Waals surface area (Å²) in [6, 6.07) is 13.4. The van der Waals surface area contributed by atoms with Crippen LogP contribution >= 0.6 is 11.6 Å². The van der Waals surface area contributed by atoms with Gasteiger partial charge in [0.25, 0.3) is 0 Å². The van der Waals surface area contributed by atoms with Crippen molar-refractivity contribution in [1.82, 2.24) is 0 Å². The fourth-order valence-corrected chi connectivity index (χ4v) is 4.07. The Kier molecular flexibility index (Phi) is 6.96. The van der Waals surface area contributed by atoms with Gasteiger partial charge in [0.15, 0.2) is 0 Å². The van der Waals surface area contributed by atoms with E-state index < -0.39 is 24.2 Å². The Bertz CT molecular complexity index is 777. The van der Waals surface area contributed by atoms with Crippen LogP contribution in [0.4, 0.5) is 0 Å². The summed E-state index contributed by atoms with van der Waals surface area (Å²) in [6.45, 7) is 2.32. The third-order valence-electron chi connectivity index (χ3n) is 5.51. The molecule has 1 fully saturated rings. The van der Waals surface area contributed by atoms with Crippen LogP contribution in [0.1, 0.15) is 36.0 Å². The molecule has 1 saturated carbocycles. The largest absolute Gasteiger partial charge is 0.494 e. The van der Waals surface area contributed by atoms with Crippen LogP contribution in [0.2, 0.25) is 5.02 Å². The van der Waals surface area contributed by atoms with E-state index in [1.165, 1.54) is 0 Å². The number of aliphatic hydroxyl groups excluding tert-OH is 4. The minimum atomic E-state index is -1.29. The predicted octanol–water partition coefficient (Wildman–Crippen LogP) is 2.51. The molecule has 4 N–H and O–H groups in total. The Morgan fingerprint density at radius 2 is 1.71 bits per heavy atom. The molecular weight excluding hydrogens is 380 g/mol. The molecule has 2 aromatic carbocycles. The zero-order chi connectivity index (χ0) is 20.3. The monoisotopic (exact) mass is 406 g/mol. The fraction of sp³-hybridized carbons (Fsp3) is 0.455. The van der Waals surface area contributed by atoms with Gasteiger partial charge in [0.1, 0.15) is 11.9 Å². The van der Waals surface area contributed by atoms with E-state index in [0.29, 0.717) is 24.5 Å². The van der Waals surface area contributed by atoms with Crippen LogP contribution in [0.5, 0.6) is 5.75 Å². The summed E-state index contributed by atoms with van der Waals surface area (Å²) >= 11 is 6.39. The summed E-state index contributed by atoms with van der Waals surface area (Å²) in [7, 11) is 0. The second kappa shape index (κ2) is 9.25. The summed E-state index contributed by atoms with van der Waals surface area (Å²) in [6.07, 6.45) is -2.51. The highest BCUT2D eigenvalue weighted by Crippen LogP contribution is 2.38. The molecule has 5 atom stereocenters. The second-order valence-corrected chi connectivity index (χ2v) is 7.77. The lowest BCUT2D eigenvalue weighted by Gasteiger charge is -2.40. The minimum absolute atomic E-state index is 0.242. The van der Waals surface area contributed by atoms with E-state index in [1.54, 1.807) is 6.07 Å². The molecule has 5 nitrogen and oxygen atoms in total. The highest BCUT2D eigenvalue weighted by Gasteiger charge is 2.42. The van der Waals surface area contributed by atoms with Crippen LogP contribution < -0.4 is 4.74 Å². The molecule has 2 aromatic rings. The van der Waals surface area contributed by atoms with Gasteiger partial charge in [-0.1, -0.05) is 35.9 Å². The molecule has 0 bridgehead atoms. The topological polar surface area (TPSA) is 90.2 Å². The zero-order valence-corrected chi connectivity index (χ0v) is 16.6. The third kappa shape index (κ3) is 4.50. The molecular formula is C22H27ClO5. The van der Waals surface area contributed by atoms with Crippen molar-refractivity contribution in [2.45, 2.75) is 44.0 Å². The average Bonchev–Trinajstić information content (AvgIpc) is 2.70. The summed E-state index contributed by atoms with van der Waals surface area (Å²) < 4.78 is 5.47. The van der Waals surface area contributed by atoms with Gasteiger partial charge >= 0.3 is 0 Å². The summed E-state index contributed by atoms with van der Waals surface area (Å²) in [5, 5.41) is 40.8. The predicted molar refractivity (Wildman–Crippen MR) is 108 cm³/mol. The number of halogens is 1. The zero-order valence-electron chi connectivity index (χ0n) is 15.8. The van der Waals surface area contributed by atoms with Crippen molar-refractivity contribution < 1.29 is 25.2 Å². The molecule has 0 unspecified atom stereocenters. The Labute approximate surface area is 170 Å². The Hall–Kier alpha value is -1.63. The molecule has 1 aliphatic carbocycles. The Balaban J connectivity index is 1.82. The highest BCUT2D eigenvalue weighted by atomic mass is 35.5. The lowest BCUT2D eigenvalue weighted by atomic mass is 9.73. The molecule has 0 saturated heterocycles. The van der Waals surface area contributed by atoms with Crippen LogP contribution in [0.3, 0.4) is 0 Å². The molecule has 28 heavy (non-hydrogen) atoms. The third-order valence-corrected chi connectivity index (χ3v) is 5.88. The molecule has 1 aliphatic rings. The maximum Gasteiger partial charge on any atom is 0.119 e. The first-order valence-corrected chi connectivity index (χ1v) is 9.97. The van der Waals surface area contributed by atoms with Crippen LogP contribution in [0.25, 0.3) is 0 Å². The van der Waals surface area contributed by atoms with E-state index in [0.717, 1.165) is 22.4 Å². The number of ether oxygens (including phenoxy) is 1. The molecule has 3 rings (SSSR count). The maximum absolute atomic E-state index is 10.5. The Morgan fingerprint density at radius 3 is 2.36 bits per heavy atom. The number of hydrogen-bond acceptors (Lipinski definition) is 5. The first-order valence-electron chi connectivity index (χ1n) is 9.59. The number of hydrogen-bond donors (Lipinski definition) is 4. The van der Waals surface area contributed by atoms with Crippen molar-refractivity contribution in [3.63, 3.8) is 0 Å². The van der Waals surface area contributed by atoms with E-state index in [2.05, 4.69) is 0 Å². The van der Waals surface area contributed by atoms with Crippen molar-refractivity contribution in [2.24, 2.45) is 5.92 Å². The van der Waals surface area contributed by atoms with Crippen LogP contribution in [-0.4, -0.2) is 52.0 Å². The van der Waals surface area contributed by atoms with Crippen LogP contribution in [0, 0.1) is 5.92 Å². The maximum atomic E-state index is 10.5. The molecule has 6 heteroatoms.